The number of nitrogens with zero attached hydrogens (tertiary/aromatic N) is 4. The second kappa shape index (κ2) is 9.07. The topological polar surface area (TPSA) is 72.3 Å². The zero-order chi connectivity index (χ0) is 21.0. The summed E-state index contributed by atoms with van der Waals surface area (Å²) >= 11 is 1.41. The number of anilines is 1. The summed E-state index contributed by atoms with van der Waals surface area (Å²) in [5.41, 5.74) is 0.604. The number of carbonyl (C=O) groups excluding carboxylic acids is 1. The third-order valence-corrected chi connectivity index (χ3v) is 5.77. The molecular weight excluding hydrogens is 386 g/mol. The molecule has 158 valence electrons. The van der Waals surface area contributed by atoms with Crippen LogP contribution in [0.1, 0.15) is 47.0 Å². The van der Waals surface area contributed by atoms with Gasteiger partial charge in [0.05, 0.1) is 18.0 Å². The van der Waals surface area contributed by atoms with Crippen LogP contribution in [0.5, 0.6) is 5.75 Å². The van der Waals surface area contributed by atoms with Crippen molar-refractivity contribution in [1.29, 1.82) is 0 Å². The maximum Gasteiger partial charge on any atom is 0.233 e. The molecule has 1 aliphatic heterocycles. The normalized spacial score (nSPS) is 15.8. The highest BCUT2D eigenvalue weighted by atomic mass is 32.2. The number of thioether (sulfide) groups is 1. The van der Waals surface area contributed by atoms with Crippen LogP contribution < -0.4 is 15.0 Å². The molecule has 1 aromatic carbocycles. The van der Waals surface area contributed by atoms with Crippen LogP contribution in [0.3, 0.4) is 0 Å². The van der Waals surface area contributed by atoms with Crippen LogP contribution in [0.2, 0.25) is 0 Å². The Hall–Kier alpha value is -2.22. The Morgan fingerprint density at radius 2 is 1.86 bits per heavy atom. The van der Waals surface area contributed by atoms with Crippen molar-refractivity contribution in [2.75, 3.05) is 25.1 Å². The lowest BCUT2D eigenvalue weighted by Gasteiger charge is -2.28. The van der Waals surface area contributed by atoms with Gasteiger partial charge in [0.2, 0.25) is 11.9 Å². The molecule has 0 saturated carbocycles. The number of nitrogens with one attached hydrogen (secondary N) is 1. The Kier molecular flexibility index (Phi) is 6.72. The van der Waals surface area contributed by atoms with Crippen LogP contribution in [0.4, 0.5) is 5.95 Å². The third kappa shape index (κ3) is 5.23. The number of hydrogen-bond acceptors (Lipinski definition) is 6. The Bertz CT molecular complexity index is 840. The van der Waals surface area contributed by atoms with Crippen molar-refractivity contribution in [2.45, 2.75) is 62.9 Å². The minimum Gasteiger partial charge on any atom is -0.495 e. The fourth-order valence-corrected chi connectivity index (χ4v) is 4.20. The molecule has 29 heavy (non-hydrogen) atoms. The standard InChI is InChI=1S/C21H31N5O2S/c1-15(18(27)22-21(2,3)4)29-20-24-23-19(25-13-9-6-10-14-25)26(20)16-11-7-8-12-17(16)28-5/h7-8,11-12,15H,6,9-10,13-14H2,1-5H3,(H,22,27)/t15-/m0/s1. The first kappa shape index (κ1) is 21.5. The van der Waals surface area contributed by atoms with E-state index >= 15 is 0 Å². The molecule has 0 radical (unpaired) electrons. The highest BCUT2D eigenvalue weighted by Gasteiger charge is 2.27. The Balaban J connectivity index is 1.97. The first-order valence-corrected chi connectivity index (χ1v) is 11.0. The predicted molar refractivity (Wildman–Crippen MR) is 117 cm³/mol. The second-order valence-electron chi connectivity index (χ2n) is 8.34. The van der Waals surface area contributed by atoms with Gasteiger partial charge >= 0.3 is 0 Å². The molecular formula is C21H31N5O2S. The molecule has 8 heteroatoms. The monoisotopic (exact) mass is 417 g/mol. The van der Waals surface area contributed by atoms with Crippen molar-refractivity contribution in [2.24, 2.45) is 0 Å². The van der Waals surface area contributed by atoms with E-state index in [1.165, 1.54) is 18.2 Å². The molecule has 0 unspecified atom stereocenters. The van der Waals surface area contributed by atoms with Crippen molar-refractivity contribution < 1.29 is 9.53 Å². The zero-order valence-corrected chi connectivity index (χ0v) is 18.8. The average molecular weight is 418 g/mol. The van der Waals surface area contributed by atoms with Crippen LogP contribution >= 0.6 is 11.8 Å². The smallest absolute Gasteiger partial charge is 0.233 e. The van der Waals surface area contributed by atoms with E-state index < -0.39 is 0 Å². The number of aromatic nitrogens is 3. The Labute approximate surface area is 177 Å². The maximum absolute atomic E-state index is 12.6. The summed E-state index contributed by atoms with van der Waals surface area (Å²) in [6, 6.07) is 7.85. The number of rotatable bonds is 6. The summed E-state index contributed by atoms with van der Waals surface area (Å²) < 4.78 is 7.62. The van der Waals surface area contributed by atoms with E-state index in [2.05, 4.69) is 20.4 Å². The van der Waals surface area contributed by atoms with E-state index in [1.807, 2.05) is 56.5 Å². The van der Waals surface area contributed by atoms with Crippen molar-refractivity contribution in [3.05, 3.63) is 24.3 Å². The minimum atomic E-state index is -0.305. The van der Waals surface area contributed by atoms with Crippen molar-refractivity contribution in [3.63, 3.8) is 0 Å². The molecule has 1 saturated heterocycles. The molecule has 2 heterocycles. The number of para-hydroxylation sites is 2. The van der Waals surface area contributed by atoms with Gasteiger partial charge in [-0.1, -0.05) is 23.9 Å². The van der Waals surface area contributed by atoms with Gasteiger partial charge < -0.3 is 15.0 Å². The largest absolute Gasteiger partial charge is 0.495 e. The number of carbonyl (C=O) groups is 1. The van der Waals surface area contributed by atoms with Crippen molar-refractivity contribution >= 4 is 23.6 Å². The lowest BCUT2D eigenvalue weighted by atomic mass is 10.1. The summed E-state index contributed by atoms with van der Waals surface area (Å²) in [5, 5.41) is 12.4. The SMILES string of the molecule is COc1ccccc1-n1c(S[C@@H](C)C(=O)NC(C)(C)C)nnc1N1CCCCC1. The number of methoxy groups -OCH3 is 1. The molecule has 1 amide bonds. The van der Waals surface area contributed by atoms with Crippen LogP contribution in [0.15, 0.2) is 29.4 Å². The van der Waals surface area contributed by atoms with Crippen LogP contribution in [-0.4, -0.2) is 51.7 Å². The van der Waals surface area contributed by atoms with Gasteiger partial charge in [0.1, 0.15) is 5.75 Å². The van der Waals surface area contributed by atoms with E-state index in [-0.39, 0.29) is 16.7 Å². The fourth-order valence-electron chi connectivity index (χ4n) is 3.35. The lowest BCUT2D eigenvalue weighted by Crippen LogP contribution is -2.44. The van der Waals surface area contributed by atoms with Crippen LogP contribution in [0.25, 0.3) is 5.69 Å². The molecule has 7 nitrogen and oxygen atoms in total. The molecule has 1 atom stereocenters. The summed E-state index contributed by atoms with van der Waals surface area (Å²) in [6.45, 7) is 9.75. The van der Waals surface area contributed by atoms with Gasteiger partial charge in [-0.05, 0) is 59.1 Å². The second-order valence-corrected chi connectivity index (χ2v) is 9.64. The first-order valence-electron chi connectivity index (χ1n) is 10.1. The van der Waals surface area contributed by atoms with Gasteiger partial charge in [-0.25, -0.2) is 0 Å². The highest BCUT2D eigenvalue weighted by molar-refractivity contribution is 8.00. The molecule has 2 aromatic rings. The number of hydrogen-bond donors (Lipinski definition) is 1. The van der Waals surface area contributed by atoms with Crippen molar-refractivity contribution in [1.82, 2.24) is 20.1 Å². The van der Waals surface area contributed by atoms with E-state index in [4.69, 9.17) is 4.74 Å². The van der Waals surface area contributed by atoms with Gasteiger partial charge in [0, 0.05) is 18.6 Å². The van der Waals surface area contributed by atoms with E-state index in [1.54, 1.807) is 7.11 Å². The third-order valence-electron chi connectivity index (χ3n) is 4.73. The van der Waals surface area contributed by atoms with Crippen LogP contribution in [-0.2, 0) is 4.79 Å². The fraction of sp³-hybridized carbons (Fsp3) is 0.571. The van der Waals surface area contributed by atoms with Crippen LogP contribution in [0, 0.1) is 0 Å². The van der Waals surface area contributed by atoms with Gasteiger partial charge in [-0.2, -0.15) is 0 Å². The molecule has 1 fully saturated rings. The first-order chi connectivity index (χ1) is 13.8. The molecule has 1 aromatic heterocycles. The molecule has 3 rings (SSSR count). The molecule has 0 spiro atoms. The Morgan fingerprint density at radius 3 is 2.52 bits per heavy atom. The summed E-state index contributed by atoms with van der Waals surface area (Å²) in [4.78, 5) is 14.9. The number of ether oxygens (including phenoxy) is 1. The minimum absolute atomic E-state index is 0.0170. The summed E-state index contributed by atoms with van der Waals surface area (Å²) in [7, 11) is 1.66. The summed E-state index contributed by atoms with van der Waals surface area (Å²) in [6.07, 6.45) is 3.53. The van der Waals surface area contributed by atoms with E-state index in [0.717, 1.165) is 43.3 Å². The van der Waals surface area contributed by atoms with Gasteiger partial charge in [0.15, 0.2) is 5.16 Å². The van der Waals surface area contributed by atoms with Crippen molar-refractivity contribution in [3.8, 4) is 11.4 Å². The number of amides is 1. The molecule has 1 aliphatic rings. The molecule has 0 bridgehead atoms. The number of piperidine rings is 1. The summed E-state index contributed by atoms with van der Waals surface area (Å²) in [5.74, 6) is 1.54. The number of benzene rings is 1. The van der Waals surface area contributed by atoms with Gasteiger partial charge in [-0.3, -0.25) is 9.36 Å². The molecule has 1 N–H and O–H groups in total. The molecule has 0 aliphatic carbocycles. The predicted octanol–water partition coefficient (Wildman–Crippen LogP) is 3.66. The average Bonchev–Trinajstić information content (AvgIpc) is 3.10. The quantitative estimate of drug-likeness (QED) is 0.723. The van der Waals surface area contributed by atoms with Gasteiger partial charge in [-0.15, -0.1) is 10.2 Å². The zero-order valence-electron chi connectivity index (χ0n) is 17.9. The van der Waals surface area contributed by atoms with E-state index in [9.17, 15) is 4.79 Å². The highest BCUT2D eigenvalue weighted by Crippen LogP contribution is 2.34. The maximum atomic E-state index is 12.6. The lowest BCUT2D eigenvalue weighted by molar-refractivity contribution is -0.121. The Morgan fingerprint density at radius 1 is 1.17 bits per heavy atom. The van der Waals surface area contributed by atoms with E-state index in [0.29, 0.717) is 5.16 Å². The van der Waals surface area contributed by atoms with Gasteiger partial charge in [0.25, 0.3) is 0 Å².